The van der Waals surface area contributed by atoms with E-state index in [0.29, 0.717) is 34.3 Å². The van der Waals surface area contributed by atoms with Gasteiger partial charge in [-0.15, -0.1) is 0 Å². The average molecular weight is 476 g/mol. The summed E-state index contributed by atoms with van der Waals surface area (Å²) in [5.74, 6) is 0.324. The fourth-order valence-corrected chi connectivity index (χ4v) is 4.29. The molecule has 3 aromatic carbocycles. The summed E-state index contributed by atoms with van der Waals surface area (Å²) >= 11 is 6.20. The second-order valence-corrected chi connectivity index (χ2v) is 9.58. The van der Waals surface area contributed by atoms with Gasteiger partial charge in [-0.1, -0.05) is 41.4 Å². The first kappa shape index (κ1) is 23.8. The molecular formula is C28H30ClN3O2. The number of carbonyl (C=O) groups is 2. The van der Waals surface area contributed by atoms with Crippen LogP contribution < -0.4 is 10.2 Å². The topological polar surface area (TPSA) is 52.7 Å². The van der Waals surface area contributed by atoms with Crippen LogP contribution in [0.2, 0.25) is 5.02 Å². The highest BCUT2D eigenvalue weighted by molar-refractivity contribution is 6.34. The molecule has 0 aliphatic heterocycles. The average Bonchev–Trinajstić information content (AvgIpc) is 3.62. The minimum Gasteiger partial charge on any atom is -0.377 e. The Hall–Kier alpha value is -3.31. The zero-order chi connectivity index (χ0) is 24.2. The third-order valence-electron chi connectivity index (χ3n) is 6.03. The Balaban J connectivity index is 1.61. The van der Waals surface area contributed by atoms with Crippen LogP contribution in [-0.2, 0) is 6.54 Å². The molecule has 0 unspecified atom stereocenters. The van der Waals surface area contributed by atoms with Crippen LogP contribution in [-0.4, -0.2) is 37.4 Å². The standard InChI is InChI=1S/C28H30ClN3O2/c1-19-7-6-8-21(15-19)28(34)32(17-20-11-12-20)18-22-16-23(13-14-26(22)31(2)3)30-27(33)24-9-4-5-10-25(24)29/h4-10,13-16,20H,11-12,17-18H2,1-3H3,(H,30,33). The van der Waals surface area contributed by atoms with Crippen LogP contribution in [0.3, 0.4) is 0 Å². The van der Waals surface area contributed by atoms with Crippen LogP contribution in [0, 0.1) is 12.8 Å². The van der Waals surface area contributed by atoms with Crippen LogP contribution in [0.1, 0.15) is 44.7 Å². The molecule has 0 radical (unpaired) electrons. The predicted octanol–water partition coefficient (Wildman–Crippen LogP) is 6.02. The minimum atomic E-state index is -0.264. The molecule has 176 valence electrons. The number of nitrogens with one attached hydrogen (secondary N) is 1. The van der Waals surface area contributed by atoms with Gasteiger partial charge in [0.05, 0.1) is 10.6 Å². The SMILES string of the molecule is Cc1cccc(C(=O)N(Cc2cc(NC(=O)c3ccccc3Cl)ccc2N(C)C)CC2CC2)c1. The van der Waals surface area contributed by atoms with Gasteiger partial charge in [0.15, 0.2) is 0 Å². The number of halogens is 1. The molecule has 3 aromatic rings. The normalized spacial score (nSPS) is 12.8. The molecule has 0 atom stereocenters. The van der Waals surface area contributed by atoms with E-state index < -0.39 is 0 Å². The summed E-state index contributed by atoms with van der Waals surface area (Å²) in [5.41, 5.74) is 4.84. The first-order valence-corrected chi connectivity index (χ1v) is 11.9. The number of hydrogen-bond acceptors (Lipinski definition) is 3. The largest absolute Gasteiger partial charge is 0.377 e. The van der Waals surface area contributed by atoms with E-state index in [1.54, 1.807) is 24.3 Å². The van der Waals surface area contributed by atoms with Crippen molar-refractivity contribution < 1.29 is 9.59 Å². The maximum absolute atomic E-state index is 13.5. The highest BCUT2D eigenvalue weighted by Crippen LogP contribution is 2.32. The van der Waals surface area contributed by atoms with Crippen LogP contribution in [0.15, 0.2) is 66.7 Å². The lowest BCUT2D eigenvalue weighted by Crippen LogP contribution is -2.33. The maximum atomic E-state index is 13.5. The molecule has 1 aliphatic rings. The smallest absolute Gasteiger partial charge is 0.257 e. The van der Waals surface area contributed by atoms with E-state index in [1.165, 1.54) is 0 Å². The maximum Gasteiger partial charge on any atom is 0.257 e. The molecule has 0 heterocycles. The van der Waals surface area contributed by atoms with Crippen molar-refractivity contribution >= 4 is 34.8 Å². The second kappa shape index (κ2) is 10.3. The van der Waals surface area contributed by atoms with Gasteiger partial charge in [-0.05, 0) is 73.7 Å². The fraction of sp³-hybridized carbons (Fsp3) is 0.286. The van der Waals surface area contributed by atoms with Crippen molar-refractivity contribution in [3.63, 3.8) is 0 Å². The number of benzene rings is 3. The van der Waals surface area contributed by atoms with Crippen LogP contribution >= 0.6 is 11.6 Å². The van der Waals surface area contributed by atoms with Gasteiger partial charge in [0.1, 0.15) is 0 Å². The van der Waals surface area contributed by atoms with Crippen molar-refractivity contribution in [1.82, 2.24) is 4.90 Å². The molecule has 1 saturated carbocycles. The Morgan fingerprint density at radius 2 is 1.76 bits per heavy atom. The number of nitrogens with zero attached hydrogens (tertiary/aromatic N) is 2. The molecule has 0 aromatic heterocycles. The lowest BCUT2D eigenvalue weighted by Gasteiger charge is -2.26. The summed E-state index contributed by atoms with van der Waals surface area (Å²) < 4.78 is 0. The van der Waals surface area contributed by atoms with Crippen LogP contribution in [0.4, 0.5) is 11.4 Å². The van der Waals surface area contributed by atoms with Gasteiger partial charge >= 0.3 is 0 Å². The lowest BCUT2D eigenvalue weighted by atomic mass is 10.1. The van der Waals surface area contributed by atoms with Crippen molar-refractivity contribution in [2.24, 2.45) is 5.92 Å². The second-order valence-electron chi connectivity index (χ2n) is 9.17. The van der Waals surface area contributed by atoms with Gasteiger partial charge in [-0.2, -0.15) is 0 Å². The monoisotopic (exact) mass is 475 g/mol. The van der Waals surface area contributed by atoms with E-state index in [0.717, 1.165) is 36.2 Å². The number of hydrogen-bond donors (Lipinski definition) is 1. The molecule has 4 rings (SSSR count). The Kier molecular flexibility index (Phi) is 7.23. The number of anilines is 2. The van der Waals surface area contributed by atoms with Crippen molar-refractivity contribution in [3.8, 4) is 0 Å². The number of aryl methyl sites for hydroxylation is 1. The lowest BCUT2D eigenvalue weighted by molar-refractivity contribution is 0.0734. The Morgan fingerprint density at radius 3 is 2.44 bits per heavy atom. The molecular weight excluding hydrogens is 446 g/mol. The van der Waals surface area contributed by atoms with Crippen molar-refractivity contribution in [2.45, 2.75) is 26.3 Å². The number of carbonyl (C=O) groups excluding carboxylic acids is 2. The molecule has 34 heavy (non-hydrogen) atoms. The van der Waals surface area contributed by atoms with Gasteiger partial charge in [0, 0.05) is 44.1 Å². The van der Waals surface area contributed by atoms with Crippen molar-refractivity contribution in [1.29, 1.82) is 0 Å². The van der Waals surface area contributed by atoms with E-state index in [4.69, 9.17) is 11.6 Å². The minimum absolute atomic E-state index is 0.0332. The van der Waals surface area contributed by atoms with Crippen LogP contribution in [0.5, 0.6) is 0 Å². The van der Waals surface area contributed by atoms with E-state index >= 15 is 0 Å². The third kappa shape index (κ3) is 5.78. The van der Waals surface area contributed by atoms with E-state index in [2.05, 4.69) is 5.32 Å². The molecule has 0 spiro atoms. The Bertz CT molecular complexity index is 1200. The molecule has 0 bridgehead atoms. The molecule has 1 fully saturated rings. The van der Waals surface area contributed by atoms with E-state index in [9.17, 15) is 9.59 Å². The molecule has 0 saturated heterocycles. The van der Waals surface area contributed by atoms with Crippen molar-refractivity contribution in [3.05, 3.63) is 94.0 Å². The zero-order valence-electron chi connectivity index (χ0n) is 19.8. The summed E-state index contributed by atoms with van der Waals surface area (Å²) in [6.45, 7) is 3.19. The number of amides is 2. The van der Waals surface area contributed by atoms with Gasteiger partial charge < -0.3 is 15.1 Å². The zero-order valence-corrected chi connectivity index (χ0v) is 20.6. The van der Waals surface area contributed by atoms with E-state index in [1.807, 2.05) is 73.3 Å². The molecule has 2 amide bonds. The first-order valence-electron chi connectivity index (χ1n) is 11.5. The fourth-order valence-electron chi connectivity index (χ4n) is 4.07. The Labute approximate surface area is 206 Å². The van der Waals surface area contributed by atoms with E-state index in [-0.39, 0.29) is 11.8 Å². The summed E-state index contributed by atoms with van der Waals surface area (Å²) in [5, 5.41) is 3.36. The first-order chi connectivity index (χ1) is 16.3. The number of rotatable bonds is 8. The van der Waals surface area contributed by atoms with Gasteiger partial charge in [0.25, 0.3) is 11.8 Å². The summed E-state index contributed by atoms with van der Waals surface area (Å²) in [6, 6.07) is 20.5. The van der Waals surface area contributed by atoms with Gasteiger partial charge in [-0.25, -0.2) is 0 Å². The predicted molar refractivity (Wildman–Crippen MR) is 139 cm³/mol. The molecule has 6 heteroatoms. The highest BCUT2D eigenvalue weighted by atomic mass is 35.5. The third-order valence-corrected chi connectivity index (χ3v) is 6.36. The Morgan fingerprint density at radius 1 is 1.00 bits per heavy atom. The van der Waals surface area contributed by atoms with Crippen molar-refractivity contribution in [2.75, 3.05) is 30.9 Å². The highest BCUT2D eigenvalue weighted by Gasteiger charge is 2.28. The molecule has 5 nitrogen and oxygen atoms in total. The van der Waals surface area contributed by atoms with Crippen LogP contribution in [0.25, 0.3) is 0 Å². The molecule has 1 aliphatic carbocycles. The van der Waals surface area contributed by atoms with Gasteiger partial charge in [-0.3, -0.25) is 9.59 Å². The summed E-state index contributed by atoms with van der Waals surface area (Å²) in [4.78, 5) is 30.2. The quantitative estimate of drug-likeness (QED) is 0.433. The molecule has 1 N–H and O–H groups in total. The summed E-state index contributed by atoms with van der Waals surface area (Å²) in [7, 11) is 3.96. The van der Waals surface area contributed by atoms with Gasteiger partial charge in [0.2, 0.25) is 0 Å². The summed E-state index contributed by atoms with van der Waals surface area (Å²) in [6.07, 6.45) is 2.32.